The summed E-state index contributed by atoms with van der Waals surface area (Å²) in [5.41, 5.74) is 14.1. The van der Waals surface area contributed by atoms with E-state index in [1.54, 1.807) is 4.90 Å². The SMILES string of the molecule is CCN(C(=O)[C@H]1O[C@@H](n2cnc3c(NCC(c4ccccc4)c4ccccc4)ncnc32)[C@](N)(O)[C@@H]1O)C(CN)Cc1ccccc1. The van der Waals surface area contributed by atoms with Gasteiger partial charge in [0.2, 0.25) is 0 Å². The predicted octanol–water partition coefficient (Wildman–Crippen LogP) is 2.39. The minimum atomic E-state index is -2.34. The van der Waals surface area contributed by atoms with Gasteiger partial charge in [0.15, 0.2) is 35.0 Å². The molecule has 5 aromatic rings. The number of anilines is 1. The largest absolute Gasteiger partial charge is 0.385 e. The summed E-state index contributed by atoms with van der Waals surface area (Å²) in [5.74, 6) is -0.0207. The normalized spacial score (nSPS) is 21.6. The van der Waals surface area contributed by atoms with Crippen LogP contribution >= 0.6 is 0 Å². The van der Waals surface area contributed by atoms with Crippen LogP contribution in [0.3, 0.4) is 0 Å². The number of fused-ring (bicyclic) bond motifs is 1. The lowest BCUT2D eigenvalue weighted by atomic mass is 9.91. The molecule has 2 aromatic heterocycles. The number of rotatable bonds is 12. The minimum Gasteiger partial charge on any atom is -0.385 e. The minimum absolute atomic E-state index is 0.0273. The van der Waals surface area contributed by atoms with Gasteiger partial charge in [-0.25, -0.2) is 15.0 Å². The van der Waals surface area contributed by atoms with Crippen molar-refractivity contribution in [2.75, 3.05) is 25.0 Å². The monoisotopic (exact) mass is 636 g/mol. The Morgan fingerprint density at radius 2 is 1.62 bits per heavy atom. The van der Waals surface area contributed by atoms with Gasteiger partial charge in [-0.2, -0.15) is 0 Å². The molecule has 1 unspecified atom stereocenters. The van der Waals surface area contributed by atoms with Crippen molar-refractivity contribution in [3.63, 3.8) is 0 Å². The molecule has 47 heavy (non-hydrogen) atoms. The first kappa shape index (κ1) is 32.2. The van der Waals surface area contributed by atoms with E-state index < -0.39 is 30.1 Å². The van der Waals surface area contributed by atoms with Crippen molar-refractivity contribution in [1.82, 2.24) is 24.4 Å². The lowest BCUT2D eigenvalue weighted by Gasteiger charge is -2.33. The fourth-order valence-electron chi connectivity index (χ4n) is 6.31. The van der Waals surface area contributed by atoms with Crippen LogP contribution in [-0.2, 0) is 16.0 Å². The second kappa shape index (κ2) is 14.0. The maximum atomic E-state index is 13.8. The number of aromatic nitrogens is 4. The lowest BCUT2D eigenvalue weighted by Crippen LogP contribution is -2.57. The molecule has 0 saturated carbocycles. The van der Waals surface area contributed by atoms with E-state index >= 15 is 0 Å². The Morgan fingerprint density at radius 1 is 1.00 bits per heavy atom. The van der Waals surface area contributed by atoms with Gasteiger partial charge >= 0.3 is 0 Å². The molecule has 12 nitrogen and oxygen atoms in total. The van der Waals surface area contributed by atoms with E-state index in [4.69, 9.17) is 16.2 Å². The van der Waals surface area contributed by atoms with Gasteiger partial charge in [0.25, 0.3) is 5.91 Å². The fourth-order valence-corrected chi connectivity index (χ4v) is 6.31. The third-order valence-corrected chi connectivity index (χ3v) is 8.81. The molecular weight excluding hydrogens is 596 g/mol. The molecule has 0 aliphatic carbocycles. The second-order valence-corrected chi connectivity index (χ2v) is 11.7. The highest BCUT2D eigenvalue weighted by molar-refractivity contribution is 5.84. The van der Waals surface area contributed by atoms with Crippen molar-refractivity contribution < 1.29 is 19.7 Å². The fraction of sp³-hybridized carbons (Fsp3) is 0.314. The summed E-state index contributed by atoms with van der Waals surface area (Å²) in [4.78, 5) is 28.8. The molecule has 12 heteroatoms. The average molecular weight is 637 g/mol. The van der Waals surface area contributed by atoms with Gasteiger partial charge in [-0.05, 0) is 30.0 Å². The van der Waals surface area contributed by atoms with Crippen LogP contribution < -0.4 is 16.8 Å². The zero-order valence-electron chi connectivity index (χ0n) is 26.1. The zero-order chi connectivity index (χ0) is 33.0. The Bertz CT molecular complexity index is 1730. The van der Waals surface area contributed by atoms with E-state index in [9.17, 15) is 15.0 Å². The summed E-state index contributed by atoms with van der Waals surface area (Å²) in [7, 11) is 0. The summed E-state index contributed by atoms with van der Waals surface area (Å²) in [6.45, 7) is 2.86. The van der Waals surface area contributed by atoms with E-state index in [0.717, 1.165) is 16.7 Å². The molecule has 1 aliphatic rings. The Balaban J connectivity index is 1.24. The molecule has 3 heterocycles. The van der Waals surface area contributed by atoms with Crippen molar-refractivity contribution in [3.05, 3.63) is 120 Å². The van der Waals surface area contributed by atoms with Crippen molar-refractivity contribution >= 4 is 22.9 Å². The molecule has 6 rings (SSSR count). The summed E-state index contributed by atoms with van der Waals surface area (Å²) >= 11 is 0. The number of benzene rings is 3. The molecule has 0 radical (unpaired) electrons. The molecule has 1 amide bonds. The molecular formula is C35H40N8O4. The maximum absolute atomic E-state index is 13.8. The topological polar surface area (TPSA) is 178 Å². The number of nitrogens with zero attached hydrogens (tertiary/aromatic N) is 5. The highest BCUT2D eigenvalue weighted by atomic mass is 16.6. The van der Waals surface area contributed by atoms with Gasteiger partial charge in [0.05, 0.1) is 6.33 Å². The van der Waals surface area contributed by atoms with Gasteiger partial charge < -0.3 is 30.9 Å². The molecule has 0 spiro atoms. The molecule has 1 saturated heterocycles. The number of ether oxygens (including phenoxy) is 1. The lowest BCUT2D eigenvalue weighted by molar-refractivity contribution is -0.150. The van der Waals surface area contributed by atoms with Crippen molar-refractivity contribution in [1.29, 1.82) is 0 Å². The number of hydrogen-bond acceptors (Lipinski definition) is 10. The Morgan fingerprint density at radius 3 is 2.21 bits per heavy atom. The molecule has 7 N–H and O–H groups in total. The number of amides is 1. The number of imidazole rings is 1. The van der Waals surface area contributed by atoms with Crippen molar-refractivity contribution in [3.8, 4) is 0 Å². The number of aliphatic hydroxyl groups excluding tert-OH is 1. The molecule has 0 bridgehead atoms. The number of nitrogens with two attached hydrogens (primary N) is 2. The van der Waals surface area contributed by atoms with Crippen LogP contribution in [0.15, 0.2) is 104 Å². The van der Waals surface area contributed by atoms with Gasteiger partial charge in [-0.1, -0.05) is 91.0 Å². The molecule has 5 atom stereocenters. The second-order valence-electron chi connectivity index (χ2n) is 11.7. The smallest absolute Gasteiger partial charge is 0.255 e. The van der Waals surface area contributed by atoms with Gasteiger partial charge in [-0.15, -0.1) is 0 Å². The quantitative estimate of drug-likeness (QED) is 0.128. The number of likely N-dealkylation sites (N-methyl/N-ethyl adjacent to an activating group) is 1. The van der Waals surface area contributed by atoms with Crippen LogP contribution in [-0.4, -0.2) is 84.1 Å². The highest BCUT2D eigenvalue weighted by Crippen LogP contribution is 2.38. The third-order valence-electron chi connectivity index (χ3n) is 8.81. The molecule has 1 fully saturated rings. The first-order valence-corrected chi connectivity index (χ1v) is 15.7. The van der Waals surface area contributed by atoms with Crippen LogP contribution in [0.2, 0.25) is 0 Å². The van der Waals surface area contributed by atoms with E-state index in [2.05, 4.69) is 44.5 Å². The van der Waals surface area contributed by atoms with Gasteiger partial charge in [0.1, 0.15) is 12.4 Å². The Labute approximate surface area is 273 Å². The number of nitrogens with one attached hydrogen (secondary N) is 1. The number of carbonyl (C=O) groups excluding carboxylic acids is 1. The van der Waals surface area contributed by atoms with Crippen LogP contribution in [0, 0.1) is 0 Å². The average Bonchev–Trinajstić information content (AvgIpc) is 3.63. The third kappa shape index (κ3) is 6.46. The van der Waals surface area contributed by atoms with E-state index in [1.807, 2.05) is 73.7 Å². The first-order chi connectivity index (χ1) is 22.8. The summed E-state index contributed by atoms with van der Waals surface area (Å²) < 4.78 is 7.49. The maximum Gasteiger partial charge on any atom is 0.255 e. The van der Waals surface area contributed by atoms with Gasteiger partial charge in [-0.3, -0.25) is 15.1 Å². The van der Waals surface area contributed by atoms with Crippen LogP contribution in [0.1, 0.15) is 35.8 Å². The highest BCUT2D eigenvalue weighted by Gasteiger charge is 2.57. The van der Waals surface area contributed by atoms with E-state index in [-0.39, 0.29) is 18.5 Å². The Kier molecular flexibility index (Phi) is 9.57. The van der Waals surface area contributed by atoms with E-state index in [1.165, 1.54) is 17.2 Å². The molecule has 244 valence electrons. The number of carbonyl (C=O) groups is 1. The summed E-state index contributed by atoms with van der Waals surface area (Å²) in [6, 6.07) is 29.7. The van der Waals surface area contributed by atoms with Gasteiger partial charge in [0, 0.05) is 31.6 Å². The standard InChI is InChI=1S/C35H40N8O4/c1-2-42(26(19-36)18-23-12-6-3-7-13-23)33(45)29-30(44)35(37,46)34(47-29)43-22-41-28-31(39-21-40-32(28)43)38-20-27(24-14-8-4-9-15-24)25-16-10-5-11-17-25/h3-17,21-22,26-27,29-30,34,44,46H,2,18-20,36-37H2,1H3,(H,38,39,40)/t26?,29-,30+,34+,35+/m0/s1. The molecule has 3 aromatic carbocycles. The Hall–Kier alpha value is -4.72. The number of hydrogen-bond donors (Lipinski definition) is 5. The van der Waals surface area contributed by atoms with Crippen molar-refractivity contribution in [2.24, 2.45) is 11.5 Å². The predicted molar refractivity (Wildman–Crippen MR) is 178 cm³/mol. The van der Waals surface area contributed by atoms with Crippen molar-refractivity contribution in [2.45, 2.75) is 49.5 Å². The van der Waals surface area contributed by atoms with Crippen LogP contribution in [0.4, 0.5) is 5.82 Å². The first-order valence-electron chi connectivity index (χ1n) is 15.7. The van der Waals surface area contributed by atoms with E-state index in [0.29, 0.717) is 36.5 Å². The molecule has 1 aliphatic heterocycles. The summed E-state index contributed by atoms with van der Waals surface area (Å²) in [5, 5.41) is 26.0. The number of aliphatic hydroxyl groups is 2. The summed E-state index contributed by atoms with van der Waals surface area (Å²) in [6.07, 6.45) is -1.25. The zero-order valence-corrected chi connectivity index (χ0v) is 26.1. The van der Waals surface area contributed by atoms with Crippen LogP contribution in [0.25, 0.3) is 11.2 Å². The van der Waals surface area contributed by atoms with Crippen LogP contribution in [0.5, 0.6) is 0 Å².